The van der Waals surface area contributed by atoms with Crippen LogP contribution in [0.25, 0.3) is 22.9 Å². The number of carbonyl (C=O) groups is 3. The second-order valence-corrected chi connectivity index (χ2v) is 7.65. The highest BCUT2D eigenvalue weighted by Crippen LogP contribution is 2.24. The van der Waals surface area contributed by atoms with Crippen molar-refractivity contribution in [2.24, 2.45) is 0 Å². The Bertz CT molecular complexity index is 1350. The number of nitrogens with one attached hydrogen (secondary N) is 2. The lowest BCUT2D eigenvalue weighted by atomic mass is 10.1. The zero-order valence-electron chi connectivity index (χ0n) is 17.9. The molecule has 9 heteroatoms. The van der Waals surface area contributed by atoms with Crippen LogP contribution in [0.2, 0.25) is 0 Å². The molecule has 4 amide bonds. The molecule has 5 rings (SSSR count). The number of benzene rings is 3. The van der Waals surface area contributed by atoms with E-state index in [1.165, 1.54) is 0 Å². The molecule has 0 unspecified atom stereocenters. The van der Waals surface area contributed by atoms with E-state index in [4.69, 9.17) is 4.42 Å². The molecule has 0 atom stereocenters. The Hall–Kier alpha value is -4.79. The van der Waals surface area contributed by atoms with Crippen LogP contribution in [0.15, 0.2) is 83.3 Å². The van der Waals surface area contributed by atoms with Gasteiger partial charge in [0.25, 0.3) is 5.91 Å². The summed E-state index contributed by atoms with van der Waals surface area (Å²) in [7, 11) is 0. The molecule has 2 heterocycles. The van der Waals surface area contributed by atoms with Gasteiger partial charge in [-0.15, -0.1) is 10.2 Å². The summed E-state index contributed by atoms with van der Waals surface area (Å²) in [5, 5.41) is 13.5. The van der Waals surface area contributed by atoms with Crippen LogP contribution >= 0.6 is 0 Å². The maximum absolute atomic E-state index is 12.7. The van der Waals surface area contributed by atoms with Gasteiger partial charge in [0.2, 0.25) is 17.7 Å². The van der Waals surface area contributed by atoms with Crippen molar-refractivity contribution in [2.45, 2.75) is 6.54 Å². The molecule has 34 heavy (non-hydrogen) atoms. The second kappa shape index (κ2) is 8.99. The molecule has 3 aromatic carbocycles. The number of nitrogens with zero attached hydrogens (tertiary/aromatic N) is 3. The zero-order valence-corrected chi connectivity index (χ0v) is 17.9. The molecule has 1 aliphatic heterocycles. The van der Waals surface area contributed by atoms with Gasteiger partial charge in [-0.05, 0) is 54.1 Å². The topological polar surface area (TPSA) is 117 Å². The Morgan fingerprint density at radius 2 is 1.62 bits per heavy atom. The Kier molecular flexibility index (Phi) is 5.57. The van der Waals surface area contributed by atoms with Crippen molar-refractivity contribution in [1.29, 1.82) is 0 Å². The molecular weight excluding hydrogens is 434 g/mol. The molecule has 2 N–H and O–H groups in total. The van der Waals surface area contributed by atoms with Crippen LogP contribution in [-0.2, 0) is 11.3 Å². The van der Waals surface area contributed by atoms with Crippen molar-refractivity contribution in [2.75, 3.05) is 11.9 Å². The summed E-state index contributed by atoms with van der Waals surface area (Å²) in [4.78, 5) is 37.4. The number of aromatic nitrogens is 2. The number of hydrogen-bond donors (Lipinski definition) is 2. The van der Waals surface area contributed by atoms with Gasteiger partial charge in [0.15, 0.2) is 0 Å². The first kappa shape index (κ1) is 21.1. The fourth-order valence-corrected chi connectivity index (χ4v) is 3.55. The lowest BCUT2D eigenvalue weighted by molar-refractivity contribution is -0.125. The van der Waals surface area contributed by atoms with Crippen LogP contribution in [0.5, 0.6) is 0 Å². The average molecular weight is 453 g/mol. The molecule has 1 fully saturated rings. The minimum atomic E-state index is -0.420. The van der Waals surface area contributed by atoms with E-state index in [1.807, 2.05) is 30.3 Å². The molecule has 9 nitrogen and oxygen atoms in total. The first-order valence-corrected chi connectivity index (χ1v) is 10.5. The lowest BCUT2D eigenvalue weighted by Gasteiger charge is -2.13. The SMILES string of the molecule is O=C(Nc1cccc(CN2C(=O)CNC2=O)c1)c1ccc(-c2nnc(-c3ccccc3)o2)cc1. The smallest absolute Gasteiger partial charge is 0.324 e. The van der Waals surface area contributed by atoms with Crippen molar-refractivity contribution in [3.63, 3.8) is 0 Å². The van der Waals surface area contributed by atoms with E-state index < -0.39 is 6.03 Å². The number of carbonyl (C=O) groups excluding carboxylic acids is 3. The van der Waals surface area contributed by atoms with Crippen molar-refractivity contribution in [3.8, 4) is 22.9 Å². The van der Waals surface area contributed by atoms with Gasteiger partial charge < -0.3 is 15.1 Å². The van der Waals surface area contributed by atoms with E-state index in [-0.39, 0.29) is 24.9 Å². The Morgan fingerprint density at radius 3 is 2.29 bits per heavy atom. The van der Waals surface area contributed by atoms with E-state index in [1.54, 1.807) is 48.5 Å². The fraction of sp³-hybridized carbons (Fsp3) is 0.0800. The molecule has 0 radical (unpaired) electrons. The van der Waals surface area contributed by atoms with E-state index in [2.05, 4.69) is 20.8 Å². The van der Waals surface area contributed by atoms with Crippen LogP contribution in [0, 0.1) is 0 Å². The van der Waals surface area contributed by atoms with Gasteiger partial charge in [0, 0.05) is 22.4 Å². The van der Waals surface area contributed by atoms with Gasteiger partial charge in [-0.1, -0.05) is 30.3 Å². The van der Waals surface area contributed by atoms with Gasteiger partial charge in [-0.2, -0.15) is 0 Å². The summed E-state index contributed by atoms with van der Waals surface area (Å²) in [6.07, 6.45) is 0. The van der Waals surface area contributed by atoms with Gasteiger partial charge >= 0.3 is 6.03 Å². The molecule has 0 aliphatic carbocycles. The van der Waals surface area contributed by atoms with Crippen LogP contribution in [0.4, 0.5) is 10.5 Å². The quantitative estimate of drug-likeness (QED) is 0.430. The average Bonchev–Trinajstić information content (AvgIpc) is 3.48. The van der Waals surface area contributed by atoms with Crippen molar-refractivity contribution < 1.29 is 18.8 Å². The standard InChI is InChI=1S/C25H19N5O4/c31-21-14-26-25(33)30(21)15-16-5-4-8-20(13-16)27-22(32)17-9-11-19(12-10-17)24-29-28-23(34-24)18-6-2-1-3-7-18/h1-13H,14-15H2,(H,26,33)(H,27,32). The fourth-order valence-electron chi connectivity index (χ4n) is 3.55. The third kappa shape index (κ3) is 4.40. The van der Waals surface area contributed by atoms with Crippen molar-refractivity contribution in [3.05, 3.63) is 90.0 Å². The number of amides is 4. The van der Waals surface area contributed by atoms with Crippen LogP contribution in [0.1, 0.15) is 15.9 Å². The highest BCUT2D eigenvalue weighted by atomic mass is 16.4. The summed E-state index contributed by atoms with van der Waals surface area (Å²) in [6, 6.07) is 22.9. The van der Waals surface area contributed by atoms with E-state index in [9.17, 15) is 14.4 Å². The molecule has 168 valence electrons. The van der Waals surface area contributed by atoms with Gasteiger partial charge in [-0.25, -0.2) is 4.79 Å². The first-order chi connectivity index (χ1) is 16.6. The van der Waals surface area contributed by atoms with Gasteiger partial charge in [0.05, 0.1) is 13.1 Å². The normalized spacial score (nSPS) is 13.1. The first-order valence-electron chi connectivity index (χ1n) is 10.5. The summed E-state index contributed by atoms with van der Waals surface area (Å²) in [6.45, 7) is 0.140. The number of imide groups is 1. The maximum Gasteiger partial charge on any atom is 0.324 e. The van der Waals surface area contributed by atoms with Gasteiger partial charge in [-0.3, -0.25) is 14.5 Å². The highest BCUT2D eigenvalue weighted by molar-refractivity contribution is 6.04. The highest BCUT2D eigenvalue weighted by Gasteiger charge is 2.28. The Labute approximate surface area is 194 Å². The molecule has 0 bridgehead atoms. The number of urea groups is 1. The van der Waals surface area contributed by atoms with Crippen LogP contribution < -0.4 is 10.6 Å². The molecule has 1 aromatic heterocycles. The predicted octanol–water partition coefficient (Wildman–Crippen LogP) is 3.71. The number of rotatable bonds is 6. The second-order valence-electron chi connectivity index (χ2n) is 7.65. The molecule has 0 spiro atoms. The van der Waals surface area contributed by atoms with E-state index in [0.717, 1.165) is 16.0 Å². The largest absolute Gasteiger partial charge is 0.416 e. The van der Waals surface area contributed by atoms with Crippen LogP contribution in [-0.4, -0.2) is 39.5 Å². The van der Waals surface area contributed by atoms with E-state index in [0.29, 0.717) is 28.6 Å². The Morgan fingerprint density at radius 1 is 0.912 bits per heavy atom. The number of anilines is 1. The van der Waals surface area contributed by atoms with Gasteiger partial charge in [0.1, 0.15) is 0 Å². The summed E-state index contributed by atoms with van der Waals surface area (Å²) in [5.41, 5.74) is 3.26. The maximum atomic E-state index is 12.7. The summed E-state index contributed by atoms with van der Waals surface area (Å²) in [5.74, 6) is 0.204. The summed E-state index contributed by atoms with van der Waals surface area (Å²) < 4.78 is 5.76. The third-order valence-electron chi connectivity index (χ3n) is 5.30. The monoisotopic (exact) mass is 453 g/mol. The minimum absolute atomic E-state index is 0.00239. The Balaban J connectivity index is 1.26. The molecule has 4 aromatic rings. The molecule has 1 aliphatic rings. The molecule has 1 saturated heterocycles. The minimum Gasteiger partial charge on any atom is -0.416 e. The molecule has 0 saturated carbocycles. The summed E-state index contributed by atoms with van der Waals surface area (Å²) >= 11 is 0. The van der Waals surface area contributed by atoms with Crippen molar-refractivity contribution >= 4 is 23.5 Å². The lowest BCUT2D eigenvalue weighted by Crippen LogP contribution is -2.30. The number of hydrogen-bond acceptors (Lipinski definition) is 6. The van der Waals surface area contributed by atoms with Crippen LogP contribution in [0.3, 0.4) is 0 Å². The molecular formula is C25H19N5O4. The van der Waals surface area contributed by atoms with E-state index >= 15 is 0 Å². The zero-order chi connectivity index (χ0) is 23.5. The third-order valence-corrected chi connectivity index (χ3v) is 5.30. The predicted molar refractivity (Wildman–Crippen MR) is 124 cm³/mol. The van der Waals surface area contributed by atoms with Crippen molar-refractivity contribution in [1.82, 2.24) is 20.4 Å².